The Hall–Kier alpha value is -2.44. The standard InChI is InChI=1S/C13H12N2O5/c16-8-2-1-3-9-11(8)6(5-20-9)12(18)14-7-4-10(17)15-13(7)19/h5,7H,1-4H2,(H,14,18)(H,15,17,19). The van der Waals surface area contributed by atoms with Crippen LogP contribution in [0.25, 0.3) is 0 Å². The van der Waals surface area contributed by atoms with E-state index in [-0.39, 0.29) is 17.8 Å². The van der Waals surface area contributed by atoms with Crippen molar-refractivity contribution in [1.29, 1.82) is 0 Å². The molecule has 0 bridgehead atoms. The smallest absolute Gasteiger partial charge is 0.255 e. The number of carbonyl (C=O) groups excluding carboxylic acids is 4. The van der Waals surface area contributed by atoms with E-state index in [9.17, 15) is 19.2 Å². The Morgan fingerprint density at radius 3 is 2.80 bits per heavy atom. The number of amides is 3. The van der Waals surface area contributed by atoms with Crippen LogP contribution >= 0.6 is 0 Å². The molecule has 0 saturated carbocycles. The van der Waals surface area contributed by atoms with E-state index >= 15 is 0 Å². The Labute approximate surface area is 113 Å². The first kappa shape index (κ1) is 12.6. The van der Waals surface area contributed by atoms with E-state index in [1.165, 1.54) is 6.26 Å². The summed E-state index contributed by atoms with van der Waals surface area (Å²) >= 11 is 0. The summed E-state index contributed by atoms with van der Waals surface area (Å²) in [6, 6.07) is -0.890. The van der Waals surface area contributed by atoms with Crippen molar-refractivity contribution in [3.63, 3.8) is 0 Å². The summed E-state index contributed by atoms with van der Waals surface area (Å²) in [5.41, 5.74) is 0.440. The number of imide groups is 1. The van der Waals surface area contributed by atoms with Crippen molar-refractivity contribution in [3.8, 4) is 0 Å². The van der Waals surface area contributed by atoms with E-state index in [0.717, 1.165) is 0 Å². The summed E-state index contributed by atoms with van der Waals surface area (Å²) in [5.74, 6) is -1.15. The van der Waals surface area contributed by atoms with Crippen LogP contribution in [0.2, 0.25) is 0 Å². The zero-order valence-electron chi connectivity index (χ0n) is 10.5. The van der Waals surface area contributed by atoms with E-state index in [2.05, 4.69) is 10.6 Å². The molecule has 1 saturated heterocycles. The molecule has 2 aliphatic rings. The highest BCUT2D eigenvalue weighted by molar-refractivity contribution is 6.12. The van der Waals surface area contributed by atoms with E-state index < -0.39 is 23.8 Å². The molecule has 2 N–H and O–H groups in total. The van der Waals surface area contributed by atoms with Gasteiger partial charge < -0.3 is 9.73 Å². The van der Waals surface area contributed by atoms with Crippen molar-refractivity contribution in [1.82, 2.24) is 10.6 Å². The Kier molecular flexibility index (Phi) is 2.89. The number of Topliss-reactive ketones (excluding diaryl/α,β-unsaturated/α-hetero) is 1. The number of fused-ring (bicyclic) bond motifs is 1. The predicted molar refractivity (Wildman–Crippen MR) is 65.0 cm³/mol. The van der Waals surface area contributed by atoms with Gasteiger partial charge in [0.15, 0.2) is 5.78 Å². The highest BCUT2D eigenvalue weighted by Gasteiger charge is 2.34. The summed E-state index contributed by atoms with van der Waals surface area (Å²) in [6.45, 7) is 0. The van der Waals surface area contributed by atoms with Crippen molar-refractivity contribution < 1.29 is 23.6 Å². The molecule has 1 fully saturated rings. The van der Waals surface area contributed by atoms with Gasteiger partial charge in [-0.1, -0.05) is 0 Å². The molecular weight excluding hydrogens is 264 g/mol. The third-order valence-electron chi connectivity index (χ3n) is 3.47. The molecule has 0 aromatic carbocycles. The largest absolute Gasteiger partial charge is 0.468 e. The number of hydrogen-bond donors (Lipinski definition) is 2. The van der Waals surface area contributed by atoms with Crippen molar-refractivity contribution >= 4 is 23.5 Å². The summed E-state index contributed by atoms with van der Waals surface area (Å²) in [4.78, 5) is 46.4. The molecule has 1 aliphatic carbocycles. The van der Waals surface area contributed by atoms with Gasteiger partial charge in [-0.05, 0) is 6.42 Å². The molecule has 1 atom stereocenters. The third-order valence-corrected chi connectivity index (χ3v) is 3.47. The van der Waals surface area contributed by atoms with Crippen LogP contribution in [0, 0.1) is 0 Å². The quantitative estimate of drug-likeness (QED) is 0.736. The lowest BCUT2D eigenvalue weighted by Crippen LogP contribution is -2.40. The Morgan fingerprint density at radius 1 is 1.30 bits per heavy atom. The van der Waals surface area contributed by atoms with Crippen molar-refractivity contribution in [2.75, 3.05) is 0 Å². The van der Waals surface area contributed by atoms with Gasteiger partial charge in [0.05, 0.1) is 17.5 Å². The van der Waals surface area contributed by atoms with Gasteiger partial charge in [0, 0.05) is 12.8 Å². The molecule has 2 heterocycles. The number of hydrogen-bond acceptors (Lipinski definition) is 5. The van der Waals surface area contributed by atoms with Gasteiger partial charge in [-0.15, -0.1) is 0 Å². The molecule has 1 aromatic rings. The number of ketones is 1. The molecular formula is C13H12N2O5. The van der Waals surface area contributed by atoms with Gasteiger partial charge in [0.2, 0.25) is 11.8 Å². The molecule has 104 valence electrons. The van der Waals surface area contributed by atoms with Crippen LogP contribution in [0.15, 0.2) is 10.7 Å². The minimum Gasteiger partial charge on any atom is -0.468 e. The molecule has 7 heteroatoms. The van der Waals surface area contributed by atoms with Crippen molar-refractivity contribution in [2.24, 2.45) is 0 Å². The van der Waals surface area contributed by atoms with Crippen LogP contribution < -0.4 is 10.6 Å². The average Bonchev–Trinajstić information content (AvgIpc) is 2.94. The molecule has 0 radical (unpaired) electrons. The van der Waals surface area contributed by atoms with Gasteiger partial charge in [-0.25, -0.2) is 0 Å². The SMILES string of the molecule is O=C1CC(NC(=O)c2coc3c2C(=O)CCC3)C(=O)N1. The minimum atomic E-state index is -0.890. The van der Waals surface area contributed by atoms with Gasteiger partial charge >= 0.3 is 0 Å². The normalized spacial score (nSPS) is 21.6. The van der Waals surface area contributed by atoms with Crippen molar-refractivity contribution in [2.45, 2.75) is 31.7 Å². The third kappa shape index (κ3) is 2.01. The Balaban J connectivity index is 1.82. The first-order valence-electron chi connectivity index (χ1n) is 6.34. The van der Waals surface area contributed by atoms with Gasteiger partial charge in [-0.3, -0.25) is 24.5 Å². The zero-order valence-corrected chi connectivity index (χ0v) is 10.5. The maximum absolute atomic E-state index is 12.1. The number of furan rings is 1. The Bertz CT molecular complexity index is 631. The lowest BCUT2D eigenvalue weighted by molar-refractivity contribution is -0.125. The molecule has 3 rings (SSSR count). The molecule has 0 spiro atoms. The lowest BCUT2D eigenvalue weighted by Gasteiger charge is -2.11. The fourth-order valence-electron chi connectivity index (χ4n) is 2.50. The summed E-state index contributed by atoms with van der Waals surface area (Å²) < 4.78 is 5.24. The molecule has 1 aliphatic heterocycles. The predicted octanol–water partition coefficient (Wildman–Crippen LogP) is -0.0565. The summed E-state index contributed by atoms with van der Waals surface area (Å²) in [5, 5.41) is 4.55. The fourth-order valence-corrected chi connectivity index (χ4v) is 2.50. The number of rotatable bonds is 2. The fraction of sp³-hybridized carbons (Fsp3) is 0.385. The second kappa shape index (κ2) is 4.59. The molecule has 20 heavy (non-hydrogen) atoms. The van der Waals surface area contributed by atoms with E-state index in [4.69, 9.17) is 4.42 Å². The number of aryl methyl sites for hydroxylation is 1. The van der Waals surface area contributed by atoms with Crippen LogP contribution in [0.1, 0.15) is 45.7 Å². The van der Waals surface area contributed by atoms with E-state index in [0.29, 0.717) is 30.6 Å². The maximum atomic E-state index is 12.1. The highest BCUT2D eigenvalue weighted by atomic mass is 16.3. The van der Waals surface area contributed by atoms with Crippen LogP contribution in [-0.2, 0) is 16.0 Å². The Morgan fingerprint density at radius 2 is 2.10 bits per heavy atom. The molecule has 1 unspecified atom stereocenters. The molecule has 7 nitrogen and oxygen atoms in total. The van der Waals surface area contributed by atoms with Crippen LogP contribution in [-0.4, -0.2) is 29.5 Å². The van der Waals surface area contributed by atoms with Gasteiger partial charge in [-0.2, -0.15) is 0 Å². The van der Waals surface area contributed by atoms with Crippen LogP contribution in [0.3, 0.4) is 0 Å². The first-order valence-corrected chi connectivity index (χ1v) is 6.34. The number of nitrogens with one attached hydrogen (secondary N) is 2. The minimum absolute atomic E-state index is 0.0848. The zero-order chi connectivity index (χ0) is 14.3. The molecule has 1 aromatic heterocycles. The van der Waals surface area contributed by atoms with E-state index in [1.807, 2.05) is 0 Å². The lowest BCUT2D eigenvalue weighted by atomic mass is 9.94. The van der Waals surface area contributed by atoms with Gasteiger partial charge in [0.25, 0.3) is 5.91 Å². The van der Waals surface area contributed by atoms with Crippen LogP contribution in [0.5, 0.6) is 0 Å². The summed E-state index contributed by atoms with van der Waals surface area (Å²) in [7, 11) is 0. The average molecular weight is 276 g/mol. The monoisotopic (exact) mass is 276 g/mol. The van der Waals surface area contributed by atoms with Crippen LogP contribution in [0.4, 0.5) is 0 Å². The topological polar surface area (TPSA) is 105 Å². The van der Waals surface area contributed by atoms with E-state index in [1.54, 1.807) is 0 Å². The second-order valence-corrected chi connectivity index (χ2v) is 4.87. The van der Waals surface area contributed by atoms with Crippen molar-refractivity contribution in [3.05, 3.63) is 23.2 Å². The molecule has 3 amide bonds. The highest BCUT2D eigenvalue weighted by Crippen LogP contribution is 2.26. The maximum Gasteiger partial charge on any atom is 0.255 e. The first-order chi connectivity index (χ1) is 9.56. The summed E-state index contributed by atoms with van der Waals surface area (Å²) in [6.07, 6.45) is 2.86. The van der Waals surface area contributed by atoms with Gasteiger partial charge in [0.1, 0.15) is 18.1 Å². The second-order valence-electron chi connectivity index (χ2n) is 4.87. The number of carbonyl (C=O) groups is 4.